The summed E-state index contributed by atoms with van der Waals surface area (Å²) in [6.45, 7) is 5.32. The number of hydrogen-bond acceptors (Lipinski definition) is 4. The number of carbonyl (C=O) groups excluding carboxylic acids is 1. The topological polar surface area (TPSA) is 104 Å². The lowest BCUT2D eigenvalue weighted by atomic mass is 9.96. The summed E-state index contributed by atoms with van der Waals surface area (Å²) in [7, 11) is 0. The van der Waals surface area contributed by atoms with Crippen molar-refractivity contribution in [2.45, 2.75) is 20.8 Å². The van der Waals surface area contributed by atoms with Gasteiger partial charge in [-0.25, -0.2) is 4.98 Å². The minimum atomic E-state index is -0.554. The Balaban J connectivity index is 2.37. The average molecular weight is 235 g/mol. The number of aromatic amines is 2. The van der Waals surface area contributed by atoms with E-state index in [0.29, 0.717) is 5.65 Å². The molecule has 0 aliphatic rings. The Kier molecular flexibility index (Phi) is 2.45. The highest BCUT2D eigenvalue weighted by atomic mass is 16.2. The number of nitrogens with zero attached hydrogens (tertiary/aromatic N) is 2. The van der Waals surface area contributed by atoms with Crippen LogP contribution in [0.25, 0.3) is 11.2 Å². The molecule has 0 saturated carbocycles. The van der Waals surface area contributed by atoms with Gasteiger partial charge < -0.3 is 4.98 Å². The molecule has 3 N–H and O–H groups in total. The Bertz CT molecular complexity index is 619. The number of carbonyl (C=O) groups is 1. The normalized spacial score (nSPS) is 11.7. The van der Waals surface area contributed by atoms with Crippen LogP contribution < -0.4 is 10.9 Å². The first-order valence-corrected chi connectivity index (χ1v) is 5.13. The van der Waals surface area contributed by atoms with Gasteiger partial charge in [0.1, 0.15) is 0 Å². The first-order chi connectivity index (χ1) is 7.88. The van der Waals surface area contributed by atoms with E-state index in [1.54, 1.807) is 20.8 Å². The predicted molar refractivity (Wildman–Crippen MR) is 62.6 cm³/mol. The summed E-state index contributed by atoms with van der Waals surface area (Å²) >= 11 is 0. The quantitative estimate of drug-likeness (QED) is 0.674. The molecule has 2 rings (SSSR count). The molecule has 0 aliphatic heterocycles. The van der Waals surface area contributed by atoms with E-state index in [-0.39, 0.29) is 22.9 Å². The number of H-pyrrole nitrogens is 2. The summed E-state index contributed by atoms with van der Waals surface area (Å²) in [4.78, 5) is 36.3. The molecule has 0 radical (unpaired) electrons. The molecule has 0 aliphatic carbocycles. The number of nitrogens with one attached hydrogen (secondary N) is 3. The molecule has 0 saturated heterocycles. The maximum atomic E-state index is 11.7. The number of aromatic nitrogens is 4. The summed E-state index contributed by atoms with van der Waals surface area (Å²) in [6.07, 6.45) is 1.38. The number of anilines is 1. The molecule has 7 heteroatoms. The van der Waals surface area contributed by atoms with Crippen LogP contribution in [0.4, 0.5) is 5.95 Å². The van der Waals surface area contributed by atoms with E-state index < -0.39 is 5.41 Å². The molecule has 90 valence electrons. The average Bonchev–Trinajstić information content (AvgIpc) is 2.64. The van der Waals surface area contributed by atoms with Crippen molar-refractivity contribution in [3.8, 4) is 0 Å². The molecule has 0 unspecified atom stereocenters. The van der Waals surface area contributed by atoms with E-state index >= 15 is 0 Å². The Morgan fingerprint density at radius 2 is 2.12 bits per heavy atom. The summed E-state index contributed by atoms with van der Waals surface area (Å²) in [5.74, 6) is -0.105. The Hall–Kier alpha value is -2.18. The Morgan fingerprint density at radius 3 is 2.76 bits per heavy atom. The van der Waals surface area contributed by atoms with Gasteiger partial charge in [0.15, 0.2) is 11.2 Å². The molecular formula is C10H13N5O2. The van der Waals surface area contributed by atoms with Crippen LogP contribution in [-0.2, 0) is 4.79 Å². The van der Waals surface area contributed by atoms with Crippen LogP contribution in [0.1, 0.15) is 20.8 Å². The fourth-order valence-electron chi connectivity index (χ4n) is 1.20. The number of imidazole rings is 1. The van der Waals surface area contributed by atoms with Gasteiger partial charge in [-0.1, -0.05) is 20.8 Å². The molecule has 2 aromatic heterocycles. The molecule has 0 bridgehead atoms. The van der Waals surface area contributed by atoms with Crippen molar-refractivity contribution in [3.63, 3.8) is 0 Å². The largest absolute Gasteiger partial charge is 0.329 e. The van der Waals surface area contributed by atoms with Crippen molar-refractivity contribution in [2.75, 3.05) is 5.32 Å². The maximum absolute atomic E-state index is 11.7. The minimum absolute atomic E-state index is 0.117. The second-order valence-electron chi connectivity index (χ2n) is 4.72. The predicted octanol–water partition coefficient (Wildman–Crippen LogP) is 0.631. The van der Waals surface area contributed by atoms with Crippen LogP contribution in [0.15, 0.2) is 11.1 Å². The van der Waals surface area contributed by atoms with Gasteiger partial charge in [-0.05, 0) is 0 Å². The number of amides is 1. The molecule has 2 heterocycles. The van der Waals surface area contributed by atoms with E-state index in [4.69, 9.17) is 0 Å². The molecule has 0 aromatic carbocycles. The summed E-state index contributed by atoms with van der Waals surface area (Å²) < 4.78 is 0. The van der Waals surface area contributed by atoms with Gasteiger partial charge >= 0.3 is 0 Å². The SMILES string of the molecule is CC(C)(C)C(=O)Nc1nc2[nH]cnc2c(=O)[nH]1. The highest BCUT2D eigenvalue weighted by Crippen LogP contribution is 2.15. The molecule has 17 heavy (non-hydrogen) atoms. The van der Waals surface area contributed by atoms with Crippen LogP contribution in [0.5, 0.6) is 0 Å². The van der Waals surface area contributed by atoms with E-state index in [1.807, 2.05) is 0 Å². The summed E-state index contributed by atoms with van der Waals surface area (Å²) in [5.41, 5.74) is -0.376. The molecule has 0 atom stereocenters. The van der Waals surface area contributed by atoms with Crippen LogP contribution in [0.2, 0.25) is 0 Å². The summed E-state index contributed by atoms with van der Waals surface area (Å²) in [6, 6.07) is 0. The molecule has 2 aromatic rings. The second-order valence-corrected chi connectivity index (χ2v) is 4.72. The van der Waals surface area contributed by atoms with Crippen LogP contribution >= 0.6 is 0 Å². The van der Waals surface area contributed by atoms with Crippen molar-refractivity contribution < 1.29 is 4.79 Å². The van der Waals surface area contributed by atoms with E-state index in [1.165, 1.54) is 6.33 Å². The van der Waals surface area contributed by atoms with Crippen molar-refractivity contribution in [2.24, 2.45) is 5.41 Å². The van der Waals surface area contributed by atoms with Gasteiger partial charge in [0.2, 0.25) is 11.9 Å². The fourth-order valence-corrected chi connectivity index (χ4v) is 1.20. The van der Waals surface area contributed by atoms with Crippen LogP contribution in [-0.4, -0.2) is 25.8 Å². The van der Waals surface area contributed by atoms with Gasteiger partial charge in [0.25, 0.3) is 5.56 Å². The zero-order chi connectivity index (χ0) is 12.6. The fraction of sp³-hybridized carbons (Fsp3) is 0.400. The number of hydrogen-bond donors (Lipinski definition) is 3. The minimum Gasteiger partial charge on any atom is -0.329 e. The van der Waals surface area contributed by atoms with Crippen molar-refractivity contribution >= 4 is 23.0 Å². The third kappa shape index (κ3) is 2.17. The van der Waals surface area contributed by atoms with Gasteiger partial charge in [0, 0.05) is 5.41 Å². The number of rotatable bonds is 1. The standard InChI is InChI=1S/C10H13N5O2/c1-10(2,3)8(17)15-9-13-6-5(7(16)14-9)11-4-12-6/h4H,1-3H3,(H3,11,12,13,14,15,16,17). The first-order valence-electron chi connectivity index (χ1n) is 5.13. The van der Waals surface area contributed by atoms with E-state index in [0.717, 1.165) is 0 Å². The Morgan fingerprint density at radius 1 is 1.41 bits per heavy atom. The zero-order valence-electron chi connectivity index (χ0n) is 9.79. The van der Waals surface area contributed by atoms with Crippen LogP contribution in [0.3, 0.4) is 0 Å². The summed E-state index contributed by atoms with van der Waals surface area (Å²) in [5, 5.41) is 2.55. The van der Waals surface area contributed by atoms with Crippen molar-refractivity contribution in [1.29, 1.82) is 0 Å². The van der Waals surface area contributed by atoms with Gasteiger partial charge in [-0.2, -0.15) is 4.98 Å². The van der Waals surface area contributed by atoms with Crippen molar-refractivity contribution in [1.82, 2.24) is 19.9 Å². The zero-order valence-corrected chi connectivity index (χ0v) is 9.79. The lowest BCUT2D eigenvalue weighted by Crippen LogP contribution is -2.29. The molecular weight excluding hydrogens is 222 g/mol. The lowest BCUT2D eigenvalue weighted by Gasteiger charge is -2.16. The van der Waals surface area contributed by atoms with Gasteiger partial charge in [0.05, 0.1) is 6.33 Å². The monoisotopic (exact) mass is 235 g/mol. The van der Waals surface area contributed by atoms with E-state index in [2.05, 4.69) is 25.3 Å². The lowest BCUT2D eigenvalue weighted by molar-refractivity contribution is -0.123. The van der Waals surface area contributed by atoms with Gasteiger partial charge in [-0.3, -0.25) is 19.9 Å². The molecule has 7 nitrogen and oxygen atoms in total. The third-order valence-corrected chi connectivity index (χ3v) is 2.20. The second kappa shape index (κ2) is 3.69. The molecule has 1 amide bonds. The molecule has 0 fully saturated rings. The third-order valence-electron chi connectivity index (χ3n) is 2.20. The highest BCUT2D eigenvalue weighted by molar-refractivity contribution is 5.93. The molecule has 0 spiro atoms. The van der Waals surface area contributed by atoms with Gasteiger partial charge in [-0.15, -0.1) is 0 Å². The van der Waals surface area contributed by atoms with E-state index in [9.17, 15) is 9.59 Å². The smallest absolute Gasteiger partial charge is 0.280 e. The van der Waals surface area contributed by atoms with Crippen LogP contribution in [0, 0.1) is 5.41 Å². The highest BCUT2D eigenvalue weighted by Gasteiger charge is 2.22. The Labute approximate surface area is 96.7 Å². The number of fused-ring (bicyclic) bond motifs is 1. The first kappa shape index (κ1) is 11.3. The van der Waals surface area contributed by atoms with Crippen molar-refractivity contribution in [3.05, 3.63) is 16.7 Å². The maximum Gasteiger partial charge on any atom is 0.280 e.